The highest BCUT2D eigenvalue weighted by Crippen LogP contribution is 2.24. The van der Waals surface area contributed by atoms with Gasteiger partial charge in [-0.1, -0.05) is 23.5 Å². The lowest BCUT2D eigenvalue weighted by Gasteiger charge is -2.15. The summed E-state index contributed by atoms with van der Waals surface area (Å²) in [5, 5.41) is 1.94. The maximum absolute atomic E-state index is 12.1. The Morgan fingerprint density at radius 1 is 1.42 bits per heavy atom. The number of benzene rings is 1. The number of hydrogen-bond donors (Lipinski definition) is 0. The molecule has 1 aromatic carbocycles. The van der Waals surface area contributed by atoms with E-state index in [-0.39, 0.29) is 22.8 Å². The molecule has 0 unspecified atom stereocenters. The summed E-state index contributed by atoms with van der Waals surface area (Å²) in [4.78, 5) is 22.1. The Balaban J connectivity index is 0.00000133. The second-order valence-corrected chi connectivity index (χ2v) is 4.86. The lowest BCUT2D eigenvalue weighted by atomic mass is 10.0. The van der Waals surface area contributed by atoms with Gasteiger partial charge in [0.1, 0.15) is 0 Å². The first-order valence-electron chi connectivity index (χ1n) is 5.70. The minimum Gasteiger partial charge on any atom is -1.00 e. The number of aromatic nitrogens is 1. The number of fused-ring (bicyclic) bond motifs is 1. The number of nitrogens with zero attached hydrogens (tertiary/aromatic N) is 1. The van der Waals surface area contributed by atoms with E-state index in [4.69, 9.17) is 9.78 Å². The van der Waals surface area contributed by atoms with E-state index in [1.807, 2.05) is 33.8 Å². The van der Waals surface area contributed by atoms with Crippen molar-refractivity contribution < 1.29 is 36.1 Å². The Labute approximate surface area is 125 Å². The highest BCUT2D eigenvalue weighted by Gasteiger charge is 2.17. The summed E-state index contributed by atoms with van der Waals surface area (Å²) in [6.45, 7) is 0.911. The van der Waals surface area contributed by atoms with E-state index in [0.29, 0.717) is 24.5 Å². The molecule has 0 radical (unpaired) electrons. The first kappa shape index (κ1) is 14.2. The van der Waals surface area contributed by atoms with E-state index in [2.05, 4.69) is 0 Å². The Morgan fingerprint density at radius 3 is 3.11 bits per heavy atom. The molecule has 6 heteroatoms. The summed E-state index contributed by atoms with van der Waals surface area (Å²) in [5.74, 6) is 0.720. The zero-order valence-electron chi connectivity index (χ0n) is 10.0. The summed E-state index contributed by atoms with van der Waals surface area (Å²) < 4.78 is 1.86. The van der Waals surface area contributed by atoms with Crippen molar-refractivity contribution in [2.75, 3.05) is 6.61 Å². The highest BCUT2D eigenvalue weighted by atomic mass is 79.9. The molecule has 2 heterocycles. The first-order chi connectivity index (χ1) is 8.83. The molecule has 0 saturated carbocycles. The number of rotatable bonds is 3. The van der Waals surface area contributed by atoms with Gasteiger partial charge in [0.25, 0.3) is 0 Å². The summed E-state index contributed by atoms with van der Waals surface area (Å²) >= 11 is 1.57. The lowest BCUT2D eigenvalue weighted by Crippen LogP contribution is -3.00. The van der Waals surface area contributed by atoms with Crippen LogP contribution in [0.3, 0.4) is 0 Å². The molecule has 4 nitrogen and oxygen atoms in total. The van der Waals surface area contributed by atoms with Crippen LogP contribution in [0.5, 0.6) is 5.75 Å². The van der Waals surface area contributed by atoms with Crippen LogP contribution in [0.15, 0.2) is 35.3 Å². The van der Waals surface area contributed by atoms with E-state index < -0.39 is 0 Å². The van der Waals surface area contributed by atoms with Gasteiger partial charge >= 0.3 is 0 Å². The maximum atomic E-state index is 12.1. The number of Topliss-reactive ketones (excluding diaryl/α,β-unsaturated/α-hetero) is 1. The van der Waals surface area contributed by atoms with Gasteiger partial charge in [-0.3, -0.25) is 4.79 Å². The largest absolute Gasteiger partial charge is 1.00 e. The number of ketones is 1. The van der Waals surface area contributed by atoms with E-state index in [9.17, 15) is 4.79 Å². The fraction of sp³-hybridized carbons (Fsp3) is 0.231. The number of carbonyl (C=O) groups is 1. The second-order valence-electron chi connectivity index (χ2n) is 4.10. The van der Waals surface area contributed by atoms with Crippen LogP contribution in [-0.2, 0) is 17.9 Å². The van der Waals surface area contributed by atoms with Gasteiger partial charge < -0.3 is 21.9 Å². The predicted octanol–water partition coefficient (Wildman–Crippen LogP) is -1.21. The van der Waals surface area contributed by atoms with Crippen molar-refractivity contribution in [2.45, 2.75) is 13.0 Å². The number of carbonyl (C=O) groups excluding carboxylic acids is 1. The zero-order valence-corrected chi connectivity index (χ0v) is 12.4. The quantitative estimate of drug-likeness (QED) is 0.399. The smallest absolute Gasteiger partial charge is 0.227 e. The SMILES string of the molecule is O=C(C[n+]1ccsc1)c1ccc2c(c1)OOCC2.[Br-]. The molecule has 19 heavy (non-hydrogen) atoms. The fourth-order valence-corrected chi connectivity index (χ4v) is 2.48. The van der Waals surface area contributed by atoms with Gasteiger partial charge in [0.15, 0.2) is 11.9 Å². The van der Waals surface area contributed by atoms with Gasteiger partial charge in [-0.05, 0) is 6.07 Å². The molecule has 0 amide bonds. The van der Waals surface area contributed by atoms with Crippen LogP contribution in [0, 0.1) is 0 Å². The molecule has 1 aliphatic rings. The van der Waals surface area contributed by atoms with Crippen LogP contribution >= 0.6 is 11.3 Å². The third-order valence-corrected chi connectivity index (χ3v) is 3.52. The highest BCUT2D eigenvalue weighted by molar-refractivity contribution is 7.07. The minimum absolute atomic E-state index is 0. The standard InChI is InChI=1S/C13H12NO3S.BrH/c15-12(8-14-4-6-18-9-14)11-2-1-10-3-5-16-17-13(10)7-11;/h1-2,4,6-7,9H,3,5,8H2;1H/q+1;/p-1. The molecule has 0 fully saturated rings. The molecule has 0 atom stereocenters. The number of hydrogen-bond acceptors (Lipinski definition) is 4. The van der Waals surface area contributed by atoms with Crippen LogP contribution in [0.2, 0.25) is 0 Å². The Kier molecular flexibility index (Phi) is 4.68. The van der Waals surface area contributed by atoms with Crippen molar-refractivity contribution in [2.24, 2.45) is 0 Å². The van der Waals surface area contributed by atoms with Crippen molar-refractivity contribution in [1.82, 2.24) is 0 Å². The van der Waals surface area contributed by atoms with Crippen molar-refractivity contribution in [3.8, 4) is 5.75 Å². The molecule has 100 valence electrons. The molecule has 0 spiro atoms. The Morgan fingerprint density at radius 2 is 2.32 bits per heavy atom. The number of thiazole rings is 1. The molecule has 0 saturated heterocycles. The summed E-state index contributed by atoms with van der Waals surface area (Å²) in [6.07, 6.45) is 2.71. The summed E-state index contributed by atoms with van der Waals surface area (Å²) in [7, 11) is 0. The van der Waals surface area contributed by atoms with Crippen LogP contribution in [-0.4, -0.2) is 12.4 Å². The van der Waals surface area contributed by atoms with Crippen LogP contribution in [0.25, 0.3) is 0 Å². The monoisotopic (exact) mass is 341 g/mol. The zero-order chi connectivity index (χ0) is 12.4. The van der Waals surface area contributed by atoms with Crippen molar-refractivity contribution in [1.29, 1.82) is 0 Å². The van der Waals surface area contributed by atoms with Crippen LogP contribution < -0.4 is 26.4 Å². The molecule has 2 aromatic rings. The maximum Gasteiger partial charge on any atom is 0.227 e. The number of halogens is 1. The van der Waals surface area contributed by atoms with Gasteiger partial charge in [-0.15, -0.1) is 0 Å². The van der Waals surface area contributed by atoms with E-state index >= 15 is 0 Å². The average molecular weight is 342 g/mol. The average Bonchev–Trinajstić information content (AvgIpc) is 2.91. The van der Waals surface area contributed by atoms with Crippen molar-refractivity contribution >= 4 is 17.1 Å². The third kappa shape index (κ3) is 3.20. The molecule has 1 aliphatic heterocycles. The topological polar surface area (TPSA) is 39.4 Å². The summed E-state index contributed by atoms with van der Waals surface area (Å²) in [6, 6.07) is 5.54. The van der Waals surface area contributed by atoms with Gasteiger partial charge in [0.2, 0.25) is 17.8 Å². The van der Waals surface area contributed by atoms with Gasteiger partial charge in [-0.25, -0.2) is 0 Å². The first-order valence-corrected chi connectivity index (χ1v) is 6.64. The predicted molar refractivity (Wildman–Crippen MR) is 65.6 cm³/mol. The molecule has 0 bridgehead atoms. The van der Waals surface area contributed by atoms with E-state index in [0.717, 1.165) is 12.0 Å². The lowest BCUT2D eigenvalue weighted by molar-refractivity contribution is -0.678. The molecular formula is C13H12BrNO3S. The fourth-order valence-electron chi connectivity index (χ4n) is 1.88. The van der Waals surface area contributed by atoms with Gasteiger partial charge in [0, 0.05) is 17.5 Å². The third-order valence-electron chi connectivity index (χ3n) is 2.85. The molecular weight excluding hydrogens is 330 g/mol. The minimum atomic E-state index is 0. The Hall–Kier alpha value is -1.24. The summed E-state index contributed by atoms with van der Waals surface area (Å²) in [5.41, 5.74) is 3.65. The van der Waals surface area contributed by atoms with Crippen LogP contribution in [0.4, 0.5) is 0 Å². The van der Waals surface area contributed by atoms with Gasteiger partial charge in [-0.2, -0.15) is 9.45 Å². The molecule has 3 rings (SSSR count). The van der Waals surface area contributed by atoms with Crippen molar-refractivity contribution in [3.63, 3.8) is 0 Å². The molecule has 0 N–H and O–H groups in total. The Bertz CT molecular complexity index is 571. The molecule has 1 aromatic heterocycles. The normalized spacial score (nSPS) is 13.1. The second kappa shape index (κ2) is 6.27. The van der Waals surface area contributed by atoms with Crippen LogP contribution in [0.1, 0.15) is 15.9 Å². The van der Waals surface area contributed by atoms with Crippen molar-refractivity contribution in [3.05, 3.63) is 46.4 Å². The van der Waals surface area contributed by atoms with E-state index in [1.54, 1.807) is 17.4 Å². The van der Waals surface area contributed by atoms with E-state index in [1.165, 1.54) is 0 Å². The molecule has 0 aliphatic carbocycles. The van der Waals surface area contributed by atoms with Gasteiger partial charge in [0.05, 0.1) is 12.0 Å².